The van der Waals surface area contributed by atoms with Gasteiger partial charge in [0, 0.05) is 17.7 Å². The molecule has 0 aromatic heterocycles. The number of terminal acetylenes is 1. The number of rotatable bonds is 4. The van der Waals surface area contributed by atoms with Crippen LogP contribution in [-0.2, 0) is 9.53 Å². The second-order valence-corrected chi connectivity index (χ2v) is 8.50. The van der Waals surface area contributed by atoms with Crippen molar-refractivity contribution in [2.24, 2.45) is 4.99 Å². The van der Waals surface area contributed by atoms with Gasteiger partial charge < -0.3 is 4.74 Å². The maximum absolute atomic E-state index is 12.9. The highest BCUT2D eigenvalue weighted by Gasteiger charge is 2.45. The first-order valence-electron chi connectivity index (χ1n) is 8.89. The van der Waals surface area contributed by atoms with Crippen LogP contribution in [-0.4, -0.2) is 27.9 Å². The van der Waals surface area contributed by atoms with Gasteiger partial charge in [0.1, 0.15) is 5.60 Å². The van der Waals surface area contributed by atoms with Crippen molar-refractivity contribution >= 4 is 22.8 Å². The molecule has 0 amide bonds. The molecule has 1 aliphatic heterocycles. The summed E-state index contributed by atoms with van der Waals surface area (Å²) >= 11 is 1.56. The van der Waals surface area contributed by atoms with Gasteiger partial charge in [-0.25, -0.2) is 4.79 Å². The number of ether oxygens (including phenoxy) is 1. The van der Waals surface area contributed by atoms with Crippen LogP contribution in [0.25, 0.3) is 11.1 Å². The fourth-order valence-electron chi connectivity index (χ4n) is 2.93. The fourth-order valence-corrected chi connectivity index (χ4v) is 4.17. The summed E-state index contributed by atoms with van der Waals surface area (Å²) in [5.74, 6) is 2.75. The molecule has 1 aliphatic rings. The van der Waals surface area contributed by atoms with Crippen LogP contribution >= 0.6 is 11.8 Å². The zero-order valence-electron chi connectivity index (χ0n) is 15.9. The first-order chi connectivity index (χ1) is 12.8. The average molecular weight is 378 g/mol. The van der Waals surface area contributed by atoms with E-state index in [1.165, 1.54) is 0 Å². The topological polar surface area (TPSA) is 38.7 Å². The van der Waals surface area contributed by atoms with Crippen LogP contribution in [0.2, 0.25) is 0 Å². The van der Waals surface area contributed by atoms with E-state index in [1.807, 2.05) is 57.2 Å². The molecule has 1 heterocycles. The standard InChI is InChI=1S/C23H23NO2S/c1-5-15-23(21(25)26-22(2,3)4)16-27-20(24-23)19-14-10-9-13-18(19)17-11-7-6-8-12-17/h1,6-14H,15-16H2,2-4H3/t23-/m1/s1. The molecule has 0 N–H and O–H groups in total. The molecule has 0 bridgehead atoms. The van der Waals surface area contributed by atoms with Crippen molar-refractivity contribution < 1.29 is 9.53 Å². The number of benzene rings is 2. The maximum atomic E-state index is 12.9. The van der Waals surface area contributed by atoms with Gasteiger partial charge in [0.15, 0.2) is 5.54 Å². The molecule has 3 rings (SSSR count). The molecule has 0 unspecified atom stereocenters. The number of carbonyl (C=O) groups is 1. The molecule has 1 atom stereocenters. The molecule has 0 saturated carbocycles. The average Bonchev–Trinajstić information content (AvgIpc) is 3.07. The Kier molecular flexibility index (Phi) is 5.43. The van der Waals surface area contributed by atoms with E-state index < -0.39 is 11.1 Å². The lowest BCUT2D eigenvalue weighted by Gasteiger charge is -2.27. The largest absolute Gasteiger partial charge is 0.458 e. The molecule has 0 aliphatic carbocycles. The van der Waals surface area contributed by atoms with E-state index >= 15 is 0 Å². The van der Waals surface area contributed by atoms with Crippen molar-refractivity contribution in [2.45, 2.75) is 38.3 Å². The van der Waals surface area contributed by atoms with E-state index in [2.05, 4.69) is 24.1 Å². The smallest absolute Gasteiger partial charge is 0.336 e. The molecule has 4 heteroatoms. The quantitative estimate of drug-likeness (QED) is 0.559. The highest BCUT2D eigenvalue weighted by atomic mass is 32.2. The van der Waals surface area contributed by atoms with Crippen molar-refractivity contribution in [3.63, 3.8) is 0 Å². The minimum atomic E-state index is -1.02. The monoisotopic (exact) mass is 377 g/mol. The fraction of sp³-hybridized carbons (Fsp3) is 0.304. The van der Waals surface area contributed by atoms with Crippen LogP contribution in [0.1, 0.15) is 32.8 Å². The highest BCUT2D eigenvalue weighted by Crippen LogP contribution is 2.38. The van der Waals surface area contributed by atoms with Crippen LogP contribution in [0.3, 0.4) is 0 Å². The Balaban J connectivity index is 2.02. The Bertz CT molecular complexity index is 906. The number of carbonyl (C=O) groups excluding carboxylic acids is 1. The molecule has 0 saturated heterocycles. The van der Waals surface area contributed by atoms with Crippen molar-refractivity contribution in [2.75, 3.05) is 5.75 Å². The van der Waals surface area contributed by atoms with Gasteiger partial charge in [-0.3, -0.25) is 4.99 Å². The van der Waals surface area contributed by atoms with Crippen molar-refractivity contribution in [3.8, 4) is 23.5 Å². The number of nitrogens with zero attached hydrogens (tertiary/aromatic N) is 1. The molecule has 2 aromatic carbocycles. The van der Waals surface area contributed by atoms with E-state index in [4.69, 9.17) is 16.2 Å². The van der Waals surface area contributed by atoms with Gasteiger partial charge >= 0.3 is 5.97 Å². The summed E-state index contributed by atoms with van der Waals surface area (Å²) in [6.45, 7) is 5.56. The normalized spacial score (nSPS) is 19.3. The first-order valence-corrected chi connectivity index (χ1v) is 9.88. The molecule has 2 aromatic rings. The Morgan fingerprint density at radius 1 is 1.15 bits per heavy atom. The third kappa shape index (κ3) is 4.26. The van der Waals surface area contributed by atoms with Crippen molar-refractivity contribution in [1.29, 1.82) is 0 Å². The lowest BCUT2D eigenvalue weighted by molar-refractivity contribution is -0.160. The zero-order chi connectivity index (χ0) is 19.5. The number of aliphatic imine (C=N–C) groups is 1. The molecular weight excluding hydrogens is 354 g/mol. The van der Waals surface area contributed by atoms with Crippen LogP contribution in [0.4, 0.5) is 0 Å². The molecular formula is C23H23NO2S. The molecule has 0 fully saturated rings. The summed E-state index contributed by atoms with van der Waals surface area (Å²) < 4.78 is 5.62. The van der Waals surface area contributed by atoms with Crippen molar-refractivity contribution in [1.82, 2.24) is 0 Å². The molecule has 0 radical (unpaired) electrons. The number of thioether (sulfide) groups is 1. The molecule has 3 nitrogen and oxygen atoms in total. The Morgan fingerprint density at radius 2 is 1.78 bits per heavy atom. The van der Waals surface area contributed by atoms with E-state index in [9.17, 15) is 4.79 Å². The van der Waals surface area contributed by atoms with Gasteiger partial charge in [0.2, 0.25) is 0 Å². The van der Waals surface area contributed by atoms with E-state index in [0.717, 1.165) is 21.7 Å². The van der Waals surface area contributed by atoms with Gasteiger partial charge in [-0.2, -0.15) is 0 Å². The lowest BCUT2D eigenvalue weighted by Crippen LogP contribution is -2.42. The third-order valence-electron chi connectivity index (χ3n) is 4.18. The van der Waals surface area contributed by atoms with Gasteiger partial charge in [-0.1, -0.05) is 54.6 Å². The van der Waals surface area contributed by atoms with Crippen LogP contribution < -0.4 is 0 Å². The maximum Gasteiger partial charge on any atom is 0.336 e. The summed E-state index contributed by atoms with van der Waals surface area (Å²) in [6, 6.07) is 18.3. The van der Waals surface area contributed by atoms with E-state index in [1.54, 1.807) is 11.8 Å². The van der Waals surface area contributed by atoms with Gasteiger partial charge in [0.25, 0.3) is 0 Å². The number of hydrogen-bond donors (Lipinski definition) is 0. The summed E-state index contributed by atoms with van der Waals surface area (Å²) in [7, 11) is 0. The second kappa shape index (κ2) is 7.62. The first kappa shape index (κ1) is 19.3. The van der Waals surface area contributed by atoms with Crippen molar-refractivity contribution in [3.05, 3.63) is 60.2 Å². The lowest BCUT2D eigenvalue weighted by atomic mass is 9.97. The van der Waals surface area contributed by atoms with Crippen LogP contribution in [0.5, 0.6) is 0 Å². The Morgan fingerprint density at radius 3 is 2.41 bits per heavy atom. The predicted molar refractivity (Wildman–Crippen MR) is 113 cm³/mol. The van der Waals surface area contributed by atoms with Gasteiger partial charge in [-0.15, -0.1) is 24.1 Å². The predicted octanol–water partition coefficient (Wildman–Crippen LogP) is 4.95. The zero-order valence-corrected chi connectivity index (χ0v) is 16.7. The molecule has 0 spiro atoms. The van der Waals surface area contributed by atoms with Crippen LogP contribution in [0.15, 0.2) is 59.6 Å². The summed E-state index contributed by atoms with van der Waals surface area (Å²) in [5.41, 5.74) is 1.61. The number of esters is 1. The number of hydrogen-bond acceptors (Lipinski definition) is 4. The van der Waals surface area contributed by atoms with Gasteiger partial charge in [0.05, 0.1) is 5.04 Å². The van der Waals surface area contributed by atoms with Gasteiger partial charge in [-0.05, 0) is 31.9 Å². The minimum absolute atomic E-state index is 0.228. The Hall–Kier alpha value is -2.51. The van der Waals surface area contributed by atoms with Crippen LogP contribution in [0, 0.1) is 12.3 Å². The minimum Gasteiger partial charge on any atom is -0.458 e. The SMILES string of the molecule is C#CC[C@]1(C(=O)OC(C)(C)C)CSC(c2ccccc2-c2ccccc2)=N1. The summed E-state index contributed by atoms with van der Waals surface area (Å²) in [4.78, 5) is 17.7. The second-order valence-electron chi connectivity index (χ2n) is 7.53. The van der Waals surface area contributed by atoms with E-state index in [-0.39, 0.29) is 12.4 Å². The van der Waals surface area contributed by atoms with E-state index in [0.29, 0.717) is 5.75 Å². The highest BCUT2D eigenvalue weighted by molar-refractivity contribution is 8.14. The third-order valence-corrected chi connectivity index (χ3v) is 5.39. The molecule has 138 valence electrons. The molecule has 27 heavy (non-hydrogen) atoms. The summed E-state index contributed by atoms with van der Waals surface area (Å²) in [6.07, 6.45) is 5.79. The Labute approximate surface area is 165 Å². The summed E-state index contributed by atoms with van der Waals surface area (Å²) in [5, 5.41) is 0.829.